The Bertz CT molecular complexity index is 488. The van der Waals surface area contributed by atoms with Crippen LogP contribution >= 0.6 is 0 Å². The van der Waals surface area contributed by atoms with Gasteiger partial charge >= 0.3 is 0 Å². The molecule has 0 radical (unpaired) electrons. The molecule has 1 saturated heterocycles. The SMILES string of the molecule is Cc1cccc(C)c1/N=C(\OC(C)C)C1CCCCN1C. The van der Waals surface area contributed by atoms with Gasteiger partial charge in [-0.2, -0.15) is 0 Å². The van der Waals surface area contributed by atoms with Crippen molar-refractivity contribution in [3.8, 4) is 0 Å². The Hall–Kier alpha value is -1.35. The fourth-order valence-corrected chi connectivity index (χ4v) is 2.90. The Morgan fingerprint density at radius 3 is 2.48 bits per heavy atom. The molecule has 0 N–H and O–H groups in total. The summed E-state index contributed by atoms with van der Waals surface area (Å²) in [5, 5.41) is 0. The molecule has 1 aliphatic rings. The van der Waals surface area contributed by atoms with Gasteiger partial charge < -0.3 is 4.74 Å². The average Bonchev–Trinajstić information content (AvgIpc) is 2.42. The number of aryl methyl sites for hydroxylation is 2. The molecule has 1 aromatic rings. The van der Waals surface area contributed by atoms with Crippen molar-refractivity contribution in [2.45, 2.75) is 59.1 Å². The number of nitrogens with zero attached hydrogens (tertiary/aromatic N) is 2. The largest absolute Gasteiger partial charge is 0.477 e. The van der Waals surface area contributed by atoms with Crippen LogP contribution in [0.1, 0.15) is 44.2 Å². The molecule has 1 aromatic carbocycles. The zero-order valence-electron chi connectivity index (χ0n) is 14.0. The summed E-state index contributed by atoms with van der Waals surface area (Å²) in [7, 11) is 2.17. The van der Waals surface area contributed by atoms with Crippen LogP contribution in [0.15, 0.2) is 23.2 Å². The monoisotopic (exact) mass is 288 g/mol. The van der Waals surface area contributed by atoms with Crippen LogP contribution in [0.25, 0.3) is 0 Å². The zero-order chi connectivity index (χ0) is 15.4. The molecule has 2 rings (SSSR count). The van der Waals surface area contributed by atoms with Gasteiger partial charge in [-0.1, -0.05) is 24.6 Å². The van der Waals surface area contributed by atoms with Crippen LogP contribution < -0.4 is 0 Å². The predicted octanol–water partition coefficient (Wildman–Crippen LogP) is 4.24. The standard InChI is InChI=1S/C18H28N2O/c1-13(2)21-18(16-11-6-7-12-20(16)5)19-17-14(3)9-8-10-15(17)4/h8-10,13,16H,6-7,11-12H2,1-5H3/b19-18-. The molecule has 116 valence electrons. The van der Waals surface area contributed by atoms with E-state index in [1.807, 2.05) is 0 Å². The Morgan fingerprint density at radius 2 is 1.90 bits per heavy atom. The molecule has 0 aliphatic carbocycles. The quantitative estimate of drug-likeness (QED) is 0.614. The fraction of sp³-hybridized carbons (Fsp3) is 0.611. The van der Waals surface area contributed by atoms with Crippen molar-refractivity contribution in [2.24, 2.45) is 4.99 Å². The molecule has 3 nitrogen and oxygen atoms in total. The van der Waals surface area contributed by atoms with Gasteiger partial charge in [0.15, 0.2) is 0 Å². The summed E-state index contributed by atoms with van der Waals surface area (Å²) in [6, 6.07) is 6.62. The number of rotatable bonds is 3. The molecule has 1 aliphatic heterocycles. The molecule has 1 unspecified atom stereocenters. The lowest BCUT2D eigenvalue weighted by molar-refractivity contribution is 0.163. The highest BCUT2D eigenvalue weighted by molar-refractivity contribution is 5.85. The summed E-state index contributed by atoms with van der Waals surface area (Å²) in [4.78, 5) is 7.30. The summed E-state index contributed by atoms with van der Waals surface area (Å²) in [5.41, 5.74) is 3.48. The highest BCUT2D eigenvalue weighted by Crippen LogP contribution is 2.26. The second kappa shape index (κ2) is 7.08. The third kappa shape index (κ3) is 4.07. The van der Waals surface area contributed by atoms with Crippen LogP contribution in [0.3, 0.4) is 0 Å². The number of benzene rings is 1. The maximum atomic E-state index is 6.08. The minimum absolute atomic E-state index is 0.156. The van der Waals surface area contributed by atoms with E-state index < -0.39 is 0 Å². The van der Waals surface area contributed by atoms with Crippen molar-refractivity contribution in [1.29, 1.82) is 0 Å². The van der Waals surface area contributed by atoms with Crippen molar-refractivity contribution in [1.82, 2.24) is 4.90 Å². The van der Waals surface area contributed by atoms with Gasteiger partial charge in [-0.05, 0) is 65.3 Å². The number of para-hydroxylation sites is 1. The van der Waals surface area contributed by atoms with Crippen LogP contribution in [0.5, 0.6) is 0 Å². The lowest BCUT2D eigenvalue weighted by Crippen LogP contribution is -2.43. The van der Waals surface area contributed by atoms with Crippen LogP contribution in [-0.4, -0.2) is 36.5 Å². The van der Waals surface area contributed by atoms with Crippen molar-refractivity contribution in [3.05, 3.63) is 29.3 Å². The lowest BCUT2D eigenvalue weighted by Gasteiger charge is -2.33. The molecule has 0 saturated carbocycles. The first-order valence-corrected chi connectivity index (χ1v) is 8.00. The van der Waals surface area contributed by atoms with Crippen LogP contribution in [0.4, 0.5) is 5.69 Å². The highest BCUT2D eigenvalue weighted by atomic mass is 16.5. The number of hydrogen-bond acceptors (Lipinski definition) is 3. The van der Waals surface area contributed by atoms with Gasteiger partial charge in [-0.25, -0.2) is 4.99 Å². The third-order valence-electron chi connectivity index (χ3n) is 4.07. The number of likely N-dealkylation sites (tertiary alicyclic amines) is 1. The molecule has 0 amide bonds. The van der Waals surface area contributed by atoms with E-state index in [-0.39, 0.29) is 6.10 Å². The van der Waals surface area contributed by atoms with E-state index >= 15 is 0 Å². The van der Waals surface area contributed by atoms with E-state index in [1.165, 1.54) is 24.0 Å². The predicted molar refractivity (Wildman–Crippen MR) is 89.5 cm³/mol. The summed E-state index contributed by atoms with van der Waals surface area (Å²) in [6.07, 6.45) is 3.81. The number of hydrogen-bond donors (Lipinski definition) is 0. The average molecular weight is 288 g/mol. The van der Waals surface area contributed by atoms with Crippen molar-refractivity contribution in [3.63, 3.8) is 0 Å². The van der Waals surface area contributed by atoms with Crippen LogP contribution in [-0.2, 0) is 4.74 Å². The maximum absolute atomic E-state index is 6.08. The molecule has 0 spiro atoms. The Balaban J connectivity index is 2.37. The molecule has 1 fully saturated rings. The normalized spacial score (nSPS) is 20.9. The van der Waals surface area contributed by atoms with Gasteiger partial charge in [-0.3, -0.25) is 4.90 Å². The minimum Gasteiger partial charge on any atom is -0.477 e. The second-order valence-electron chi connectivity index (χ2n) is 6.35. The molecule has 1 heterocycles. The number of aliphatic imine (C=N–C) groups is 1. The van der Waals surface area contributed by atoms with Crippen LogP contribution in [0.2, 0.25) is 0 Å². The molecule has 21 heavy (non-hydrogen) atoms. The minimum atomic E-state index is 0.156. The molecule has 1 atom stereocenters. The van der Waals surface area contributed by atoms with E-state index in [1.54, 1.807) is 0 Å². The summed E-state index contributed by atoms with van der Waals surface area (Å²) in [6.45, 7) is 9.50. The van der Waals surface area contributed by atoms with Gasteiger partial charge in [0.2, 0.25) is 5.90 Å². The summed E-state index contributed by atoms with van der Waals surface area (Å²) >= 11 is 0. The Morgan fingerprint density at radius 1 is 1.24 bits per heavy atom. The zero-order valence-corrected chi connectivity index (χ0v) is 14.0. The fourth-order valence-electron chi connectivity index (χ4n) is 2.90. The van der Waals surface area contributed by atoms with Gasteiger partial charge in [0.25, 0.3) is 0 Å². The molecular weight excluding hydrogens is 260 g/mol. The van der Waals surface area contributed by atoms with E-state index in [9.17, 15) is 0 Å². The summed E-state index contributed by atoms with van der Waals surface area (Å²) < 4.78 is 6.08. The third-order valence-corrected chi connectivity index (χ3v) is 4.07. The first-order chi connectivity index (χ1) is 9.99. The Labute approximate surface area is 129 Å². The van der Waals surface area contributed by atoms with Gasteiger partial charge in [0, 0.05) is 0 Å². The van der Waals surface area contributed by atoms with Crippen molar-refractivity contribution in [2.75, 3.05) is 13.6 Å². The highest BCUT2D eigenvalue weighted by Gasteiger charge is 2.26. The van der Waals surface area contributed by atoms with Gasteiger partial charge in [0.1, 0.15) is 0 Å². The van der Waals surface area contributed by atoms with E-state index in [2.05, 4.69) is 57.8 Å². The molecule has 3 heteroatoms. The number of ether oxygens (including phenoxy) is 1. The van der Waals surface area contributed by atoms with Crippen LogP contribution in [0, 0.1) is 13.8 Å². The molecular formula is C18H28N2O. The summed E-state index contributed by atoms with van der Waals surface area (Å²) in [5.74, 6) is 0.879. The van der Waals surface area contributed by atoms with Crippen molar-refractivity contribution >= 4 is 11.6 Å². The first kappa shape index (κ1) is 16.0. The molecule has 0 bridgehead atoms. The molecule has 0 aromatic heterocycles. The van der Waals surface area contributed by atoms with Gasteiger partial charge in [0.05, 0.1) is 17.8 Å². The number of piperidine rings is 1. The maximum Gasteiger partial charge on any atom is 0.206 e. The van der Waals surface area contributed by atoms with Crippen molar-refractivity contribution < 1.29 is 4.74 Å². The van der Waals surface area contributed by atoms with Gasteiger partial charge in [-0.15, -0.1) is 0 Å². The smallest absolute Gasteiger partial charge is 0.206 e. The van der Waals surface area contributed by atoms with E-state index in [0.717, 1.165) is 24.6 Å². The van der Waals surface area contributed by atoms with E-state index in [0.29, 0.717) is 6.04 Å². The topological polar surface area (TPSA) is 24.8 Å². The lowest BCUT2D eigenvalue weighted by atomic mass is 10.0. The second-order valence-corrected chi connectivity index (χ2v) is 6.35. The first-order valence-electron chi connectivity index (χ1n) is 8.00. The van der Waals surface area contributed by atoms with E-state index in [4.69, 9.17) is 9.73 Å². The number of likely N-dealkylation sites (N-methyl/N-ethyl adjacent to an activating group) is 1. The Kier molecular flexibility index (Phi) is 5.40.